The molecule has 0 rings (SSSR count). The van der Waals surface area contributed by atoms with E-state index in [-0.39, 0.29) is 12.1 Å². The Kier molecular flexibility index (Phi) is 5.93. The van der Waals surface area contributed by atoms with Gasteiger partial charge in [0.05, 0.1) is 6.67 Å². The number of Topliss-reactive ketones (excluding diaryl/α,β-unsaturated/α-hetero) is 1. The van der Waals surface area contributed by atoms with Gasteiger partial charge < -0.3 is 0 Å². The fourth-order valence-corrected chi connectivity index (χ4v) is 1.33. The molecule has 1 nitrogen and oxygen atoms in total. The molecule has 0 spiro atoms. The SMILES string of the molecule is CCC(C)(CC)C(=O)CCCCF. The highest BCUT2D eigenvalue weighted by Gasteiger charge is 2.27. The van der Waals surface area contributed by atoms with Gasteiger partial charge in [-0.1, -0.05) is 20.8 Å². The Morgan fingerprint density at radius 1 is 1.23 bits per heavy atom. The summed E-state index contributed by atoms with van der Waals surface area (Å²) in [7, 11) is 0. The van der Waals surface area contributed by atoms with Gasteiger partial charge in [0.25, 0.3) is 0 Å². The van der Waals surface area contributed by atoms with Gasteiger partial charge in [-0.15, -0.1) is 0 Å². The van der Waals surface area contributed by atoms with E-state index in [1.807, 2.05) is 20.8 Å². The van der Waals surface area contributed by atoms with Crippen molar-refractivity contribution in [2.75, 3.05) is 6.67 Å². The average Bonchev–Trinajstić information content (AvgIpc) is 2.17. The fraction of sp³-hybridized carbons (Fsp3) is 0.909. The lowest BCUT2D eigenvalue weighted by Crippen LogP contribution is -2.26. The number of halogens is 1. The van der Waals surface area contributed by atoms with Crippen molar-refractivity contribution in [1.82, 2.24) is 0 Å². The molecule has 0 N–H and O–H groups in total. The normalized spacial score (nSPS) is 11.7. The van der Waals surface area contributed by atoms with E-state index in [1.165, 1.54) is 0 Å². The minimum Gasteiger partial charge on any atom is -0.299 e. The average molecular weight is 188 g/mol. The van der Waals surface area contributed by atoms with Crippen LogP contribution in [0.25, 0.3) is 0 Å². The minimum atomic E-state index is -0.303. The van der Waals surface area contributed by atoms with E-state index in [0.717, 1.165) is 12.8 Å². The van der Waals surface area contributed by atoms with Gasteiger partial charge in [0.1, 0.15) is 5.78 Å². The topological polar surface area (TPSA) is 17.1 Å². The van der Waals surface area contributed by atoms with Crippen LogP contribution in [0.3, 0.4) is 0 Å². The van der Waals surface area contributed by atoms with Gasteiger partial charge in [0, 0.05) is 11.8 Å². The maximum atomic E-state index is 11.8. The minimum absolute atomic E-state index is 0.170. The van der Waals surface area contributed by atoms with Crippen molar-refractivity contribution in [1.29, 1.82) is 0 Å². The van der Waals surface area contributed by atoms with Gasteiger partial charge >= 0.3 is 0 Å². The molecule has 0 amide bonds. The third-order valence-corrected chi connectivity index (χ3v) is 3.02. The van der Waals surface area contributed by atoms with Crippen LogP contribution in [0.5, 0.6) is 0 Å². The molecular weight excluding hydrogens is 167 g/mol. The van der Waals surface area contributed by atoms with Crippen LogP contribution >= 0.6 is 0 Å². The van der Waals surface area contributed by atoms with E-state index in [1.54, 1.807) is 0 Å². The van der Waals surface area contributed by atoms with E-state index in [2.05, 4.69) is 0 Å². The van der Waals surface area contributed by atoms with Crippen LogP contribution in [0.1, 0.15) is 52.9 Å². The third kappa shape index (κ3) is 3.88. The first kappa shape index (κ1) is 12.6. The molecule has 0 atom stereocenters. The summed E-state index contributed by atoms with van der Waals surface area (Å²) in [5.74, 6) is 0.297. The van der Waals surface area contributed by atoms with Crippen molar-refractivity contribution in [3.05, 3.63) is 0 Å². The van der Waals surface area contributed by atoms with Crippen LogP contribution < -0.4 is 0 Å². The van der Waals surface area contributed by atoms with Crippen LogP contribution in [0.15, 0.2) is 0 Å². The lowest BCUT2D eigenvalue weighted by molar-refractivity contribution is -0.128. The number of alkyl halides is 1. The Morgan fingerprint density at radius 2 is 1.77 bits per heavy atom. The zero-order valence-electron chi connectivity index (χ0n) is 9.03. The molecule has 0 heterocycles. The van der Waals surface area contributed by atoms with Gasteiger partial charge in [0.2, 0.25) is 0 Å². The highest BCUT2D eigenvalue weighted by atomic mass is 19.1. The van der Waals surface area contributed by atoms with Gasteiger partial charge in [-0.25, -0.2) is 0 Å². The molecule has 0 aliphatic carbocycles. The highest BCUT2D eigenvalue weighted by molar-refractivity contribution is 5.84. The lowest BCUT2D eigenvalue weighted by Gasteiger charge is -2.24. The molecular formula is C11H21FO. The summed E-state index contributed by atoms with van der Waals surface area (Å²) in [4.78, 5) is 11.7. The molecule has 0 saturated heterocycles. The smallest absolute Gasteiger partial charge is 0.138 e. The molecule has 2 heteroatoms. The summed E-state index contributed by atoms with van der Waals surface area (Å²) in [6.07, 6.45) is 3.54. The lowest BCUT2D eigenvalue weighted by atomic mass is 9.79. The van der Waals surface area contributed by atoms with Crippen LogP contribution in [-0.4, -0.2) is 12.5 Å². The first-order valence-corrected chi connectivity index (χ1v) is 5.20. The standard InChI is InChI=1S/C11H21FO/c1-4-11(3,5-2)10(13)8-6-7-9-12/h4-9H2,1-3H3. The Morgan fingerprint density at radius 3 is 2.15 bits per heavy atom. The zero-order chi connectivity index (χ0) is 10.3. The molecule has 0 aliphatic rings. The van der Waals surface area contributed by atoms with Gasteiger partial charge in [-0.3, -0.25) is 9.18 Å². The van der Waals surface area contributed by atoms with Crippen LogP contribution in [0, 0.1) is 5.41 Å². The predicted molar refractivity (Wildman–Crippen MR) is 53.5 cm³/mol. The maximum absolute atomic E-state index is 11.8. The summed E-state index contributed by atoms with van der Waals surface area (Å²) in [6.45, 7) is 5.78. The Hall–Kier alpha value is -0.400. The predicted octanol–water partition coefficient (Wildman–Crippen LogP) is 3.52. The van der Waals surface area contributed by atoms with E-state index in [9.17, 15) is 9.18 Å². The van der Waals surface area contributed by atoms with E-state index >= 15 is 0 Å². The van der Waals surface area contributed by atoms with Gasteiger partial charge in [-0.2, -0.15) is 0 Å². The zero-order valence-corrected chi connectivity index (χ0v) is 9.03. The monoisotopic (exact) mass is 188 g/mol. The van der Waals surface area contributed by atoms with Crippen molar-refractivity contribution in [2.24, 2.45) is 5.41 Å². The number of carbonyl (C=O) groups excluding carboxylic acids is 1. The van der Waals surface area contributed by atoms with Crippen LogP contribution in [-0.2, 0) is 4.79 Å². The van der Waals surface area contributed by atoms with Crippen molar-refractivity contribution >= 4 is 5.78 Å². The Bertz CT molecular complexity index is 150. The number of ketones is 1. The molecule has 0 radical (unpaired) electrons. The van der Waals surface area contributed by atoms with Crippen LogP contribution in [0.4, 0.5) is 4.39 Å². The van der Waals surface area contributed by atoms with E-state index in [0.29, 0.717) is 25.0 Å². The number of unbranched alkanes of at least 4 members (excludes halogenated alkanes) is 1. The summed E-state index contributed by atoms with van der Waals surface area (Å²) < 4.78 is 11.8. The first-order chi connectivity index (χ1) is 6.10. The molecule has 13 heavy (non-hydrogen) atoms. The number of hydrogen-bond donors (Lipinski definition) is 0. The second-order valence-electron chi connectivity index (χ2n) is 3.84. The quantitative estimate of drug-likeness (QED) is 0.559. The first-order valence-electron chi connectivity index (χ1n) is 5.20. The van der Waals surface area contributed by atoms with E-state index in [4.69, 9.17) is 0 Å². The van der Waals surface area contributed by atoms with Gasteiger partial charge in [-0.05, 0) is 25.7 Å². The summed E-state index contributed by atoms with van der Waals surface area (Å²) in [5, 5.41) is 0. The highest BCUT2D eigenvalue weighted by Crippen LogP contribution is 2.28. The number of rotatable bonds is 7. The van der Waals surface area contributed by atoms with Crippen molar-refractivity contribution in [2.45, 2.75) is 52.9 Å². The summed E-state index contributed by atoms with van der Waals surface area (Å²) in [6, 6.07) is 0. The molecule has 0 bridgehead atoms. The molecule has 0 fully saturated rings. The summed E-state index contributed by atoms with van der Waals surface area (Å²) in [5.41, 5.74) is -0.170. The third-order valence-electron chi connectivity index (χ3n) is 3.02. The Labute approximate surface area is 80.7 Å². The summed E-state index contributed by atoms with van der Waals surface area (Å²) >= 11 is 0. The van der Waals surface area contributed by atoms with Gasteiger partial charge in [0.15, 0.2) is 0 Å². The molecule has 0 saturated carbocycles. The number of hydrogen-bond acceptors (Lipinski definition) is 1. The number of carbonyl (C=O) groups is 1. The fourth-order valence-electron chi connectivity index (χ4n) is 1.33. The Balaban J connectivity index is 3.92. The largest absolute Gasteiger partial charge is 0.299 e. The molecule has 0 aromatic carbocycles. The second-order valence-corrected chi connectivity index (χ2v) is 3.84. The van der Waals surface area contributed by atoms with Crippen molar-refractivity contribution < 1.29 is 9.18 Å². The molecule has 0 unspecified atom stereocenters. The molecule has 0 aliphatic heterocycles. The molecule has 0 aromatic rings. The van der Waals surface area contributed by atoms with E-state index < -0.39 is 0 Å². The maximum Gasteiger partial charge on any atom is 0.138 e. The van der Waals surface area contributed by atoms with Crippen molar-refractivity contribution in [3.63, 3.8) is 0 Å². The second kappa shape index (κ2) is 6.11. The van der Waals surface area contributed by atoms with Crippen molar-refractivity contribution in [3.8, 4) is 0 Å². The molecule has 0 aromatic heterocycles. The molecule has 78 valence electrons. The van der Waals surface area contributed by atoms with Crippen LogP contribution in [0.2, 0.25) is 0 Å².